The largest absolute Gasteiger partial charge is 0.373 e. The van der Waals surface area contributed by atoms with E-state index in [-0.39, 0.29) is 36.0 Å². The number of halogens is 1. The van der Waals surface area contributed by atoms with Crippen molar-refractivity contribution in [1.29, 1.82) is 0 Å². The molecule has 2 heterocycles. The molecule has 7 nitrogen and oxygen atoms in total. The monoisotopic (exact) mass is 569 g/mol. The Labute approximate surface area is 215 Å². The molecule has 4 rings (SSSR count). The number of nitrogens with one attached hydrogen (secondary N) is 2. The third-order valence-electron chi connectivity index (χ3n) is 6.92. The van der Waals surface area contributed by atoms with Gasteiger partial charge in [-0.1, -0.05) is 43.2 Å². The smallest absolute Gasteiger partial charge is 0.220 e. The molecule has 3 aliphatic rings. The second kappa shape index (κ2) is 13.5. The van der Waals surface area contributed by atoms with Crippen LogP contribution in [0.2, 0.25) is 0 Å². The molecular formula is C25H40IN5O2. The summed E-state index contributed by atoms with van der Waals surface area (Å²) in [7, 11) is 0. The Morgan fingerprint density at radius 1 is 1.15 bits per heavy atom. The normalized spacial score (nSPS) is 23.8. The van der Waals surface area contributed by atoms with Crippen LogP contribution < -0.4 is 10.6 Å². The van der Waals surface area contributed by atoms with Crippen molar-refractivity contribution in [3.05, 3.63) is 35.9 Å². The van der Waals surface area contributed by atoms with Crippen molar-refractivity contribution in [2.75, 3.05) is 45.9 Å². The first-order chi connectivity index (χ1) is 15.7. The molecule has 2 N–H and O–H groups in total. The quantitative estimate of drug-likeness (QED) is 0.218. The van der Waals surface area contributed by atoms with Gasteiger partial charge < -0.3 is 20.3 Å². The van der Waals surface area contributed by atoms with E-state index in [0.29, 0.717) is 31.5 Å². The van der Waals surface area contributed by atoms with Gasteiger partial charge in [-0.15, -0.1) is 24.0 Å². The van der Waals surface area contributed by atoms with E-state index in [1.165, 1.54) is 31.2 Å². The molecule has 3 fully saturated rings. The highest BCUT2D eigenvalue weighted by Crippen LogP contribution is 2.27. The second-order valence-corrected chi connectivity index (χ2v) is 9.28. The summed E-state index contributed by atoms with van der Waals surface area (Å²) in [5.74, 6) is 1.69. The maximum atomic E-state index is 12.2. The second-order valence-electron chi connectivity index (χ2n) is 9.28. The zero-order chi connectivity index (χ0) is 22.2. The van der Waals surface area contributed by atoms with Crippen LogP contribution in [0.1, 0.15) is 44.6 Å². The zero-order valence-electron chi connectivity index (χ0n) is 19.9. The first kappa shape index (κ1) is 26.2. The molecule has 0 spiro atoms. The number of hydrogen-bond acceptors (Lipinski definition) is 4. The molecule has 184 valence electrons. The summed E-state index contributed by atoms with van der Waals surface area (Å²) in [6.07, 6.45) is 5.85. The van der Waals surface area contributed by atoms with E-state index < -0.39 is 0 Å². The molecule has 0 aromatic heterocycles. The molecule has 1 saturated carbocycles. The van der Waals surface area contributed by atoms with E-state index in [4.69, 9.17) is 9.73 Å². The van der Waals surface area contributed by atoms with Gasteiger partial charge in [-0.25, -0.2) is 0 Å². The highest BCUT2D eigenvalue weighted by molar-refractivity contribution is 14.0. The molecule has 0 radical (unpaired) electrons. The topological polar surface area (TPSA) is 69.2 Å². The molecule has 1 aliphatic carbocycles. The number of hydrogen-bond donors (Lipinski definition) is 2. The number of morpholine rings is 1. The SMILES string of the molecule is CCNC(=NCCNC(=O)CC1CCCC1)N1CC2OCCN(Cc3ccccc3)C2C1.I. The third-order valence-corrected chi connectivity index (χ3v) is 6.92. The van der Waals surface area contributed by atoms with Crippen molar-refractivity contribution in [2.45, 2.75) is 57.7 Å². The number of fused-ring (bicyclic) bond motifs is 1. The number of guanidine groups is 1. The number of amides is 1. The third kappa shape index (κ3) is 7.55. The highest BCUT2D eigenvalue weighted by Gasteiger charge is 2.41. The van der Waals surface area contributed by atoms with Gasteiger partial charge in [0, 0.05) is 45.7 Å². The summed E-state index contributed by atoms with van der Waals surface area (Å²) in [4.78, 5) is 21.9. The number of benzene rings is 1. The Hall–Kier alpha value is -1.39. The van der Waals surface area contributed by atoms with Crippen molar-refractivity contribution >= 4 is 35.8 Å². The van der Waals surface area contributed by atoms with E-state index in [2.05, 4.69) is 57.7 Å². The van der Waals surface area contributed by atoms with Gasteiger partial charge in [-0.3, -0.25) is 14.7 Å². The Morgan fingerprint density at radius 2 is 1.94 bits per heavy atom. The Bertz CT molecular complexity index is 756. The average molecular weight is 570 g/mol. The van der Waals surface area contributed by atoms with Gasteiger partial charge in [0.2, 0.25) is 5.91 Å². The molecule has 2 saturated heterocycles. The summed E-state index contributed by atoms with van der Waals surface area (Å²) < 4.78 is 6.13. The number of likely N-dealkylation sites (tertiary alicyclic amines) is 1. The Morgan fingerprint density at radius 3 is 2.70 bits per heavy atom. The first-order valence-corrected chi connectivity index (χ1v) is 12.4. The fourth-order valence-corrected chi connectivity index (χ4v) is 5.28. The molecule has 33 heavy (non-hydrogen) atoms. The number of carbonyl (C=O) groups excluding carboxylic acids is 1. The van der Waals surface area contributed by atoms with Gasteiger partial charge in [0.1, 0.15) is 0 Å². The summed E-state index contributed by atoms with van der Waals surface area (Å²) >= 11 is 0. The number of rotatable bonds is 8. The molecule has 1 amide bonds. The van der Waals surface area contributed by atoms with Gasteiger partial charge in [-0.05, 0) is 31.2 Å². The minimum Gasteiger partial charge on any atom is -0.373 e. The van der Waals surface area contributed by atoms with Crippen LogP contribution in [0.4, 0.5) is 0 Å². The molecule has 8 heteroatoms. The molecule has 2 unspecified atom stereocenters. The van der Waals surface area contributed by atoms with Crippen molar-refractivity contribution in [3.63, 3.8) is 0 Å². The van der Waals surface area contributed by atoms with Crippen molar-refractivity contribution in [1.82, 2.24) is 20.4 Å². The molecule has 2 atom stereocenters. The lowest BCUT2D eigenvalue weighted by atomic mass is 10.0. The summed E-state index contributed by atoms with van der Waals surface area (Å²) in [5, 5.41) is 6.49. The fraction of sp³-hybridized carbons (Fsp3) is 0.680. The lowest BCUT2D eigenvalue weighted by Gasteiger charge is -2.36. The summed E-state index contributed by atoms with van der Waals surface area (Å²) in [6, 6.07) is 11.1. The minimum absolute atomic E-state index is 0. The minimum atomic E-state index is 0. The van der Waals surface area contributed by atoms with E-state index >= 15 is 0 Å². The Kier molecular flexibility index (Phi) is 10.7. The number of ether oxygens (including phenoxy) is 1. The van der Waals surface area contributed by atoms with Crippen LogP contribution >= 0.6 is 24.0 Å². The van der Waals surface area contributed by atoms with Crippen LogP contribution in [0, 0.1) is 5.92 Å². The van der Waals surface area contributed by atoms with E-state index in [1.54, 1.807) is 0 Å². The van der Waals surface area contributed by atoms with E-state index in [9.17, 15) is 4.79 Å². The van der Waals surface area contributed by atoms with Crippen molar-refractivity contribution < 1.29 is 9.53 Å². The van der Waals surface area contributed by atoms with Gasteiger partial charge in [0.15, 0.2) is 5.96 Å². The van der Waals surface area contributed by atoms with E-state index in [1.807, 2.05) is 0 Å². The van der Waals surface area contributed by atoms with Gasteiger partial charge in [0.05, 0.1) is 25.3 Å². The standard InChI is InChI=1S/C25H39N5O2.HI/c1-2-26-25(28-13-12-27-24(31)16-20-8-6-7-9-20)30-18-22-23(19-30)32-15-14-29(22)17-21-10-4-3-5-11-21;/h3-5,10-11,20,22-23H,2,6-9,12-19H2,1H3,(H,26,28)(H,27,31);1H. The predicted octanol–water partition coefficient (Wildman–Crippen LogP) is 2.85. The fourth-order valence-electron chi connectivity index (χ4n) is 5.28. The average Bonchev–Trinajstić information content (AvgIpc) is 3.47. The summed E-state index contributed by atoms with van der Waals surface area (Å²) in [6.45, 7) is 8.59. The van der Waals surface area contributed by atoms with Gasteiger partial charge in [-0.2, -0.15) is 0 Å². The highest BCUT2D eigenvalue weighted by atomic mass is 127. The molecule has 1 aromatic carbocycles. The van der Waals surface area contributed by atoms with Crippen LogP contribution in [0.25, 0.3) is 0 Å². The lowest BCUT2D eigenvalue weighted by molar-refractivity contribution is -0.121. The predicted molar refractivity (Wildman–Crippen MR) is 143 cm³/mol. The van der Waals surface area contributed by atoms with Crippen LogP contribution in [-0.4, -0.2) is 79.7 Å². The maximum absolute atomic E-state index is 12.2. The number of nitrogens with zero attached hydrogens (tertiary/aromatic N) is 3. The van der Waals surface area contributed by atoms with Crippen LogP contribution in [0.15, 0.2) is 35.3 Å². The molecule has 1 aromatic rings. The first-order valence-electron chi connectivity index (χ1n) is 12.4. The molecule has 2 aliphatic heterocycles. The van der Waals surface area contributed by atoms with Crippen LogP contribution in [-0.2, 0) is 16.1 Å². The van der Waals surface area contributed by atoms with Gasteiger partial charge in [0.25, 0.3) is 0 Å². The van der Waals surface area contributed by atoms with Crippen molar-refractivity contribution in [3.8, 4) is 0 Å². The van der Waals surface area contributed by atoms with Crippen LogP contribution in [0.3, 0.4) is 0 Å². The lowest BCUT2D eigenvalue weighted by Crippen LogP contribution is -2.50. The molecule has 0 bridgehead atoms. The Balaban J connectivity index is 0.00000306. The van der Waals surface area contributed by atoms with Gasteiger partial charge >= 0.3 is 0 Å². The number of carbonyl (C=O) groups is 1. The van der Waals surface area contributed by atoms with E-state index in [0.717, 1.165) is 45.3 Å². The summed E-state index contributed by atoms with van der Waals surface area (Å²) in [5.41, 5.74) is 1.35. The molecular weight excluding hydrogens is 529 g/mol. The zero-order valence-corrected chi connectivity index (χ0v) is 22.2. The number of aliphatic imine (C=N–C) groups is 1. The maximum Gasteiger partial charge on any atom is 0.220 e. The van der Waals surface area contributed by atoms with Crippen LogP contribution in [0.5, 0.6) is 0 Å². The van der Waals surface area contributed by atoms with Crippen molar-refractivity contribution in [2.24, 2.45) is 10.9 Å².